The van der Waals surface area contributed by atoms with E-state index in [-0.39, 0.29) is 18.3 Å². The van der Waals surface area contributed by atoms with E-state index in [1.807, 2.05) is 12.1 Å². The fraction of sp³-hybridized carbons (Fsp3) is 0.562. The third kappa shape index (κ3) is 8.58. The minimum Gasteiger partial charge on any atom is -0.494 e. The zero-order chi connectivity index (χ0) is 14.6. The van der Waals surface area contributed by atoms with Crippen molar-refractivity contribution in [1.29, 1.82) is 0 Å². The SMILES string of the molecule is CCCCCOc1ccc(C(=O)NCCCCN)cc1.Cl. The van der Waals surface area contributed by atoms with Crippen molar-refractivity contribution in [3.05, 3.63) is 29.8 Å². The minimum atomic E-state index is -0.0421. The monoisotopic (exact) mass is 314 g/mol. The third-order valence-corrected chi connectivity index (χ3v) is 3.05. The Morgan fingerprint density at radius 1 is 1.14 bits per heavy atom. The topological polar surface area (TPSA) is 64.3 Å². The van der Waals surface area contributed by atoms with Crippen molar-refractivity contribution >= 4 is 18.3 Å². The van der Waals surface area contributed by atoms with Crippen molar-refractivity contribution in [3.8, 4) is 5.75 Å². The predicted molar refractivity (Wildman–Crippen MR) is 89.3 cm³/mol. The van der Waals surface area contributed by atoms with Crippen LogP contribution in [0.3, 0.4) is 0 Å². The summed E-state index contributed by atoms with van der Waals surface area (Å²) in [7, 11) is 0. The number of carbonyl (C=O) groups excluding carboxylic acids is 1. The first-order valence-electron chi connectivity index (χ1n) is 7.49. The summed E-state index contributed by atoms with van der Waals surface area (Å²) in [4.78, 5) is 11.8. The van der Waals surface area contributed by atoms with Crippen LogP contribution < -0.4 is 15.8 Å². The molecule has 0 unspecified atom stereocenters. The number of unbranched alkanes of at least 4 members (excludes halogenated alkanes) is 3. The molecule has 1 amide bonds. The van der Waals surface area contributed by atoms with Crippen molar-refractivity contribution in [1.82, 2.24) is 5.32 Å². The van der Waals surface area contributed by atoms with E-state index in [2.05, 4.69) is 12.2 Å². The maximum absolute atomic E-state index is 11.8. The molecule has 5 heteroatoms. The maximum atomic E-state index is 11.8. The van der Waals surface area contributed by atoms with Crippen LogP contribution >= 0.6 is 12.4 Å². The standard InChI is InChI=1S/C16H26N2O2.ClH/c1-2-3-6-13-20-15-9-7-14(8-10-15)16(19)18-12-5-4-11-17;/h7-10H,2-6,11-13,17H2,1H3,(H,18,19);1H. The molecular formula is C16H27ClN2O2. The second-order valence-electron chi connectivity index (χ2n) is 4.83. The van der Waals surface area contributed by atoms with Gasteiger partial charge in [0.15, 0.2) is 0 Å². The van der Waals surface area contributed by atoms with Crippen LogP contribution in [-0.4, -0.2) is 25.6 Å². The molecule has 3 N–H and O–H groups in total. The molecule has 120 valence electrons. The number of halogens is 1. The van der Waals surface area contributed by atoms with Crippen molar-refractivity contribution in [3.63, 3.8) is 0 Å². The molecule has 0 radical (unpaired) electrons. The lowest BCUT2D eigenvalue weighted by Gasteiger charge is -2.07. The Bertz CT molecular complexity index is 382. The molecule has 0 aliphatic heterocycles. The van der Waals surface area contributed by atoms with Crippen LogP contribution in [0.4, 0.5) is 0 Å². The highest BCUT2D eigenvalue weighted by atomic mass is 35.5. The Labute approximate surface area is 133 Å². The van der Waals surface area contributed by atoms with Gasteiger partial charge in [0.05, 0.1) is 6.61 Å². The van der Waals surface area contributed by atoms with Crippen LogP contribution in [0.5, 0.6) is 5.75 Å². The normalized spacial score (nSPS) is 9.81. The molecule has 0 aliphatic rings. The number of benzene rings is 1. The maximum Gasteiger partial charge on any atom is 0.251 e. The van der Waals surface area contributed by atoms with Crippen LogP contribution in [0.15, 0.2) is 24.3 Å². The van der Waals surface area contributed by atoms with E-state index in [0.717, 1.165) is 31.6 Å². The van der Waals surface area contributed by atoms with Crippen molar-refractivity contribution < 1.29 is 9.53 Å². The van der Waals surface area contributed by atoms with Crippen molar-refractivity contribution in [2.45, 2.75) is 39.0 Å². The average molecular weight is 315 g/mol. The van der Waals surface area contributed by atoms with Gasteiger partial charge >= 0.3 is 0 Å². The van der Waals surface area contributed by atoms with E-state index >= 15 is 0 Å². The van der Waals surface area contributed by atoms with E-state index in [9.17, 15) is 4.79 Å². The highest BCUT2D eigenvalue weighted by Gasteiger charge is 2.04. The quantitative estimate of drug-likeness (QED) is 0.652. The molecule has 0 heterocycles. The first-order chi connectivity index (χ1) is 9.77. The molecule has 1 aromatic rings. The Morgan fingerprint density at radius 3 is 2.48 bits per heavy atom. The zero-order valence-corrected chi connectivity index (χ0v) is 13.6. The highest BCUT2D eigenvalue weighted by molar-refractivity contribution is 5.94. The Kier molecular flexibility index (Phi) is 11.7. The number of nitrogens with two attached hydrogens (primary N) is 1. The van der Waals surface area contributed by atoms with Crippen LogP contribution in [0.1, 0.15) is 49.4 Å². The third-order valence-electron chi connectivity index (χ3n) is 3.05. The molecule has 0 atom stereocenters. The summed E-state index contributed by atoms with van der Waals surface area (Å²) in [5, 5.41) is 2.88. The van der Waals surface area contributed by atoms with Gasteiger partial charge in [-0.25, -0.2) is 0 Å². The Balaban J connectivity index is 0.00000400. The van der Waals surface area contributed by atoms with E-state index in [0.29, 0.717) is 18.7 Å². The first-order valence-corrected chi connectivity index (χ1v) is 7.49. The molecule has 21 heavy (non-hydrogen) atoms. The van der Waals surface area contributed by atoms with Gasteiger partial charge in [-0.15, -0.1) is 12.4 Å². The van der Waals surface area contributed by atoms with Crippen molar-refractivity contribution in [2.24, 2.45) is 5.73 Å². The smallest absolute Gasteiger partial charge is 0.251 e. The van der Waals surface area contributed by atoms with Crippen LogP contribution in [0.2, 0.25) is 0 Å². The van der Waals surface area contributed by atoms with E-state index < -0.39 is 0 Å². The summed E-state index contributed by atoms with van der Waals surface area (Å²) in [5.74, 6) is 0.778. The highest BCUT2D eigenvalue weighted by Crippen LogP contribution is 2.13. The molecule has 4 nitrogen and oxygen atoms in total. The Hall–Kier alpha value is -1.26. The zero-order valence-electron chi connectivity index (χ0n) is 12.8. The molecular weight excluding hydrogens is 288 g/mol. The summed E-state index contributed by atoms with van der Waals surface area (Å²) in [6.07, 6.45) is 5.29. The van der Waals surface area contributed by atoms with Crippen LogP contribution in [0, 0.1) is 0 Å². The largest absolute Gasteiger partial charge is 0.494 e. The molecule has 1 aromatic carbocycles. The van der Waals surface area contributed by atoms with Crippen LogP contribution in [0.25, 0.3) is 0 Å². The van der Waals surface area contributed by atoms with Gasteiger partial charge in [0.2, 0.25) is 0 Å². The molecule has 0 bridgehead atoms. The molecule has 0 saturated heterocycles. The fourth-order valence-electron chi connectivity index (χ4n) is 1.82. The van der Waals surface area contributed by atoms with Gasteiger partial charge in [-0.3, -0.25) is 4.79 Å². The first kappa shape index (κ1) is 19.7. The summed E-state index contributed by atoms with van der Waals surface area (Å²) in [6.45, 7) is 4.24. The number of rotatable bonds is 10. The number of nitrogens with one attached hydrogen (secondary N) is 1. The molecule has 0 spiro atoms. The average Bonchev–Trinajstić information content (AvgIpc) is 2.48. The summed E-state index contributed by atoms with van der Waals surface area (Å²) in [5.41, 5.74) is 6.07. The second kappa shape index (κ2) is 12.5. The van der Waals surface area contributed by atoms with Gasteiger partial charge in [-0.1, -0.05) is 19.8 Å². The number of hydrogen-bond donors (Lipinski definition) is 2. The number of hydrogen-bond acceptors (Lipinski definition) is 3. The lowest BCUT2D eigenvalue weighted by Crippen LogP contribution is -2.24. The molecule has 1 rings (SSSR count). The summed E-state index contributed by atoms with van der Waals surface area (Å²) < 4.78 is 5.61. The lowest BCUT2D eigenvalue weighted by molar-refractivity contribution is 0.0953. The number of ether oxygens (including phenoxy) is 1. The van der Waals surface area contributed by atoms with Crippen LogP contribution in [-0.2, 0) is 0 Å². The summed E-state index contributed by atoms with van der Waals surface area (Å²) >= 11 is 0. The number of amides is 1. The van der Waals surface area contributed by atoms with Crippen molar-refractivity contribution in [2.75, 3.05) is 19.7 Å². The van der Waals surface area contributed by atoms with E-state index in [1.165, 1.54) is 12.8 Å². The second-order valence-corrected chi connectivity index (χ2v) is 4.83. The van der Waals surface area contributed by atoms with Gasteiger partial charge < -0.3 is 15.8 Å². The molecule has 0 aromatic heterocycles. The van der Waals surface area contributed by atoms with E-state index in [4.69, 9.17) is 10.5 Å². The Morgan fingerprint density at radius 2 is 1.86 bits per heavy atom. The lowest BCUT2D eigenvalue weighted by atomic mass is 10.2. The predicted octanol–water partition coefficient (Wildman–Crippen LogP) is 3.15. The fourth-order valence-corrected chi connectivity index (χ4v) is 1.82. The molecule has 0 saturated carbocycles. The van der Waals surface area contributed by atoms with Gasteiger partial charge in [0.1, 0.15) is 5.75 Å². The van der Waals surface area contributed by atoms with Gasteiger partial charge in [-0.05, 0) is 50.1 Å². The minimum absolute atomic E-state index is 0. The van der Waals surface area contributed by atoms with Gasteiger partial charge in [0.25, 0.3) is 5.91 Å². The number of carbonyl (C=O) groups is 1. The van der Waals surface area contributed by atoms with E-state index in [1.54, 1.807) is 12.1 Å². The molecule has 0 fully saturated rings. The van der Waals surface area contributed by atoms with Gasteiger partial charge in [-0.2, -0.15) is 0 Å². The van der Waals surface area contributed by atoms with Gasteiger partial charge in [0, 0.05) is 12.1 Å². The molecule has 0 aliphatic carbocycles. The summed E-state index contributed by atoms with van der Waals surface area (Å²) in [6, 6.07) is 7.29.